The molecule has 13 heavy (non-hydrogen) atoms. The van der Waals surface area contributed by atoms with E-state index in [0.717, 1.165) is 12.3 Å². The highest BCUT2D eigenvalue weighted by atomic mass is 16.5. The van der Waals surface area contributed by atoms with Crippen LogP contribution >= 0.6 is 0 Å². The van der Waals surface area contributed by atoms with Crippen molar-refractivity contribution >= 4 is 0 Å². The second-order valence-electron chi connectivity index (χ2n) is 3.24. The molecule has 2 nitrogen and oxygen atoms in total. The Bertz CT molecular complexity index is 223. The number of unbranched alkanes of at least 4 members (excludes halogenated alkanes) is 1. The summed E-state index contributed by atoms with van der Waals surface area (Å²) in [6.45, 7) is 4.28. The molecule has 1 unspecified atom stereocenters. The van der Waals surface area contributed by atoms with Gasteiger partial charge in [0.2, 0.25) is 5.88 Å². The third kappa shape index (κ3) is 3.92. The van der Waals surface area contributed by atoms with Crippen LogP contribution in [0.25, 0.3) is 0 Å². The fourth-order valence-corrected chi connectivity index (χ4v) is 1.17. The van der Waals surface area contributed by atoms with Gasteiger partial charge in [0.05, 0.1) is 6.10 Å². The number of hydrogen-bond acceptors (Lipinski definition) is 2. The van der Waals surface area contributed by atoms with Crippen LogP contribution in [0.3, 0.4) is 0 Å². The number of rotatable bonds is 5. The second-order valence-corrected chi connectivity index (χ2v) is 3.24. The van der Waals surface area contributed by atoms with Gasteiger partial charge in [0, 0.05) is 12.3 Å². The Morgan fingerprint density at radius 1 is 1.46 bits per heavy atom. The van der Waals surface area contributed by atoms with Gasteiger partial charge in [-0.1, -0.05) is 25.8 Å². The maximum Gasteiger partial charge on any atom is 0.213 e. The third-order valence-corrected chi connectivity index (χ3v) is 1.92. The molecule has 0 radical (unpaired) electrons. The highest BCUT2D eigenvalue weighted by Crippen LogP contribution is 2.10. The molecule has 0 aliphatic heterocycles. The van der Waals surface area contributed by atoms with Gasteiger partial charge in [-0.25, -0.2) is 4.98 Å². The summed E-state index contributed by atoms with van der Waals surface area (Å²) < 4.78 is 5.61. The molecule has 0 aromatic carbocycles. The highest BCUT2D eigenvalue weighted by Gasteiger charge is 2.02. The van der Waals surface area contributed by atoms with Crippen LogP contribution in [0.2, 0.25) is 0 Å². The lowest BCUT2D eigenvalue weighted by Gasteiger charge is -2.12. The predicted octanol–water partition coefficient (Wildman–Crippen LogP) is 3.04. The fourth-order valence-electron chi connectivity index (χ4n) is 1.17. The Labute approximate surface area is 80.0 Å². The SMILES string of the molecule is CCCCC(C)Oc1ccccn1. The zero-order chi connectivity index (χ0) is 9.52. The Kier molecular flexibility index (Phi) is 4.30. The van der Waals surface area contributed by atoms with Gasteiger partial charge in [0.1, 0.15) is 0 Å². The molecule has 0 spiro atoms. The highest BCUT2D eigenvalue weighted by molar-refractivity contribution is 5.09. The van der Waals surface area contributed by atoms with Crippen LogP contribution in [0.15, 0.2) is 24.4 Å². The van der Waals surface area contributed by atoms with Crippen molar-refractivity contribution in [2.75, 3.05) is 0 Å². The van der Waals surface area contributed by atoms with E-state index in [2.05, 4.69) is 18.8 Å². The molecular weight excluding hydrogens is 162 g/mol. The van der Waals surface area contributed by atoms with E-state index in [1.165, 1.54) is 12.8 Å². The van der Waals surface area contributed by atoms with E-state index in [4.69, 9.17) is 4.74 Å². The largest absolute Gasteiger partial charge is 0.475 e. The number of ether oxygens (including phenoxy) is 1. The quantitative estimate of drug-likeness (QED) is 0.693. The maximum atomic E-state index is 5.61. The van der Waals surface area contributed by atoms with Crippen molar-refractivity contribution in [3.63, 3.8) is 0 Å². The Morgan fingerprint density at radius 2 is 2.31 bits per heavy atom. The number of hydrogen-bond donors (Lipinski definition) is 0. The molecule has 0 saturated carbocycles. The summed E-state index contributed by atoms with van der Waals surface area (Å²) >= 11 is 0. The van der Waals surface area contributed by atoms with Crippen LogP contribution in [0.4, 0.5) is 0 Å². The van der Waals surface area contributed by atoms with Gasteiger partial charge in [-0.05, 0) is 19.4 Å². The average molecular weight is 179 g/mol. The lowest BCUT2D eigenvalue weighted by Crippen LogP contribution is -2.11. The van der Waals surface area contributed by atoms with Crippen LogP contribution in [-0.4, -0.2) is 11.1 Å². The van der Waals surface area contributed by atoms with Crippen LogP contribution < -0.4 is 4.74 Å². The predicted molar refractivity (Wildman–Crippen MR) is 53.9 cm³/mol. The van der Waals surface area contributed by atoms with Crippen molar-refractivity contribution < 1.29 is 4.74 Å². The Balaban J connectivity index is 2.32. The molecule has 1 aromatic rings. The van der Waals surface area contributed by atoms with E-state index < -0.39 is 0 Å². The molecule has 2 heteroatoms. The molecular formula is C11H17NO. The van der Waals surface area contributed by atoms with Crippen molar-refractivity contribution in [1.82, 2.24) is 4.98 Å². The molecule has 1 aromatic heterocycles. The smallest absolute Gasteiger partial charge is 0.213 e. The molecule has 72 valence electrons. The zero-order valence-electron chi connectivity index (χ0n) is 8.36. The van der Waals surface area contributed by atoms with Crippen LogP contribution in [0.1, 0.15) is 33.1 Å². The first-order chi connectivity index (χ1) is 6.33. The van der Waals surface area contributed by atoms with E-state index in [1.54, 1.807) is 6.20 Å². The molecule has 0 fully saturated rings. The molecule has 0 amide bonds. The summed E-state index contributed by atoms with van der Waals surface area (Å²) in [6.07, 6.45) is 5.56. The molecule has 0 saturated heterocycles. The molecule has 1 rings (SSSR count). The molecule has 1 atom stereocenters. The van der Waals surface area contributed by atoms with Crippen LogP contribution in [0.5, 0.6) is 5.88 Å². The minimum absolute atomic E-state index is 0.273. The fraction of sp³-hybridized carbons (Fsp3) is 0.545. The summed E-state index contributed by atoms with van der Waals surface area (Å²) in [5, 5.41) is 0. The molecule has 0 bridgehead atoms. The van der Waals surface area contributed by atoms with Gasteiger partial charge >= 0.3 is 0 Å². The molecule has 0 aliphatic carbocycles. The Morgan fingerprint density at radius 3 is 2.92 bits per heavy atom. The number of pyridine rings is 1. The molecule has 0 N–H and O–H groups in total. The summed E-state index contributed by atoms with van der Waals surface area (Å²) in [5.41, 5.74) is 0. The summed E-state index contributed by atoms with van der Waals surface area (Å²) in [7, 11) is 0. The summed E-state index contributed by atoms with van der Waals surface area (Å²) in [4.78, 5) is 4.10. The minimum atomic E-state index is 0.273. The first-order valence-corrected chi connectivity index (χ1v) is 4.90. The van der Waals surface area contributed by atoms with E-state index in [-0.39, 0.29) is 6.10 Å². The van der Waals surface area contributed by atoms with E-state index in [9.17, 15) is 0 Å². The lowest BCUT2D eigenvalue weighted by atomic mass is 10.2. The van der Waals surface area contributed by atoms with Gasteiger partial charge in [-0.3, -0.25) is 0 Å². The number of aromatic nitrogens is 1. The van der Waals surface area contributed by atoms with Crippen molar-refractivity contribution in [2.24, 2.45) is 0 Å². The summed E-state index contributed by atoms with van der Waals surface area (Å²) in [5.74, 6) is 0.728. The van der Waals surface area contributed by atoms with Crippen LogP contribution in [-0.2, 0) is 0 Å². The molecule has 0 aliphatic rings. The second kappa shape index (κ2) is 5.57. The topological polar surface area (TPSA) is 22.1 Å². The minimum Gasteiger partial charge on any atom is -0.475 e. The monoisotopic (exact) mass is 179 g/mol. The zero-order valence-corrected chi connectivity index (χ0v) is 8.36. The van der Waals surface area contributed by atoms with Crippen molar-refractivity contribution in [1.29, 1.82) is 0 Å². The van der Waals surface area contributed by atoms with Gasteiger partial charge < -0.3 is 4.74 Å². The van der Waals surface area contributed by atoms with Gasteiger partial charge in [-0.2, -0.15) is 0 Å². The first kappa shape index (κ1) is 10.0. The van der Waals surface area contributed by atoms with E-state index in [1.807, 2.05) is 18.2 Å². The van der Waals surface area contributed by atoms with Crippen molar-refractivity contribution in [3.05, 3.63) is 24.4 Å². The third-order valence-electron chi connectivity index (χ3n) is 1.92. The lowest BCUT2D eigenvalue weighted by molar-refractivity contribution is 0.199. The Hall–Kier alpha value is -1.05. The van der Waals surface area contributed by atoms with Crippen LogP contribution in [0, 0.1) is 0 Å². The standard InChI is InChI=1S/C11H17NO/c1-3-4-7-10(2)13-11-8-5-6-9-12-11/h5-6,8-10H,3-4,7H2,1-2H3. The van der Waals surface area contributed by atoms with Crippen molar-refractivity contribution in [3.8, 4) is 5.88 Å². The van der Waals surface area contributed by atoms with Crippen molar-refractivity contribution in [2.45, 2.75) is 39.2 Å². The first-order valence-electron chi connectivity index (χ1n) is 4.90. The summed E-state index contributed by atoms with van der Waals surface area (Å²) in [6, 6.07) is 5.72. The van der Waals surface area contributed by atoms with Gasteiger partial charge in [0.25, 0.3) is 0 Å². The maximum absolute atomic E-state index is 5.61. The van der Waals surface area contributed by atoms with Gasteiger partial charge in [0.15, 0.2) is 0 Å². The average Bonchev–Trinajstić information content (AvgIpc) is 2.16. The van der Waals surface area contributed by atoms with E-state index >= 15 is 0 Å². The van der Waals surface area contributed by atoms with E-state index in [0.29, 0.717) is 0 Å². The normalized spacial score (nSPS) is 12.5. The number of nitrogens with zero attached hydrogens (tertiary/aromatic N) is 1. The van der Waals surface area contributed by atoms with Gasteiger partial charge in [-0.15, -0.1) is 0 Å². The molecule has 1 heterocycles.